The highest BCUT2D eigenvalue weighted by Crippen LogP contribution is 2.20. The summed E-state index contributed by atoms with van der Waals surface area (Å²) in [5.41, 5.74) is 1.12. The van der Waals surface area contributed by atoms with Gasteiger partial charge in [-0.15, -0.1) is 0 Å². The van der Waals surface area contributed by atoms with Crippen LogP contribution >= 0.6 is 11.6 Å². The molecule has 1 heterocycles. The lowest BCUT2D eigenvalue weighted by Gasteiger charge is -2.03. The fraction of sp³-hybridized carbons (Fsp3) is 0.0769. The second-order valence-corrected chi connectivity index (χ2v) is 4.02. The predicted molar refractivity (Wildman–Crippen MR) is 63.8 cm³/mol. The van der Waals surface area contributed by atoms with Gasteiger partial charge in [0.05, 0.1) is 5.02 Å². The first-order valence-corrected chi connectivity index (χ1v) is 5.39. The summed E-state index contributed by atoms with van der Waals surface area (Å²) in [4.78, 5) is 16.1. The fourth-order valence-corrected chi connectivity index (χ4v) is 1.68. The molecule has 0 saturated carbocycles. The molecule has 0 radical (unpaired) electrons. The third-order valence-electron chi connectivity index (χ3n) is 2.29. The minimum atomic E-state index is -0.495. The highest BCUT2D eigenvalue weighted by molar-refractivity contribution is 6.34. The number of benzene rings is 1. The molecule has 0 saturated heterocycles. The average molecular weight is 250 g/mol. The Morgan fingerprint density at radius 1 is 1.29 bits per heavy atom. The molecule has 2 aromatic rings. The van der Waals surface area contributed by atoms with E-state index in [9.17, 15) is 9.18 Å². The number of aromatic nitrogens is 1. The Bertz CT molecular complexity index is 583. The molecule has 4 heteroatoms. The Hall–Kier alpha value is -1.74. The zero-order chi connectivity index (χ0) is 12.4. The van der Waals surface area contributed by atoms with Crippen molar-refractivity contribution in [2.75, 3.05) is 0 Å². The molecule has 0 N–H and O–H groups in total. The van der Waals surface area contributed by atoms with Gasteiger partial charge in [0, 0.05) is 11.3 Å². The van der Waals surface area contributed by atoms with E-state index < -0.39 is 5.82 Å². The van der Waals surface area contributed by atoms with Crippen LogP contribution in [0.4, 0.5) is 4.39 Å². The van der Waals surface area contributed by atoms with Gasteiger partial charge in [-0.2, -0.15) is 0 Å². The fourth-order valence-electron chi connectivity index (χ4n) is 1.48. The Labute approximate surface area is 103 Å². The van der Waals surface area contributed by atoms with Crippen LogP contribution < -0.4 is 0 Å². The van der Waals surface area contributed by atoms with E-state index in [1.807, 2.05) is 0 Å². The Morgan fingerprint density at radius 3 is 2.76 bits per heavy atom. The number of nitrogens with zero attached hydrogens (tertiary/aromatic N) is 1. The van der Waals surface area contributed by atoms with Gasteiger partial charge in [0.15, 0.2) is 0 Å². The largest absolute Gasteiger partial charge is 0.287 e. The van der Waals surface area contributed by atoms with Crippen molar-refractivity contribution < 1.29 is 9.18 Å². The van der Waals surface area contributed by atoms with Crippen LogP contribution in [0.25, 0.3) is 0 Å². The summed E-state index contributed by atoms with van der Waals surface area (Å²) >= 11 is 5.87. The summed E-state index contributed by atoms with van der Waals surface area (Å²) in [6.45, 7) is 1.78. The summed E-state index contributed by atoms with van der Waals surface area (Å²) in [6.07, 6.45) is 0. The Balaban J connectivity index is 2.47. The highest BCUT2D eigenvalue weighted by Gasteiger charge is 2.14. The van der Waals surface area contributed by atoms with Crippen LogP contribution in [0.1, 0.15) is 21.7 Å². The third kappa shape index (κ3) is 2.50. The molecule has 17 heavy (non-hydrogen) atoms. The van der Waals surface area contributed by atoms with Gasteiger partial charge in [0.2, 0.25) is 5.78 Å². The van der Waals surface area contributed by atoms with Crippen molar-refractivity contribution in [2.45, 2.75) is 6.92 Å². The van der Waals surface area contributed by atoms with E-state index in [2.05, 4.69) is 4.98 Å². The zero-order valence-electron chi connectivity index (χ0n) is 9.08. The molecule has 0 fully saturated rings. The van der Waals surface area contributed by atoms with Gasteiger partial charge in [-0.05, 0) is 37.3 Å². The second kappa shape index (κ2) is 4.63. The molecule has 0 aliphatic rings. The summed E-state index contributed by atoms with van der Waals surface area (Å²) in [5.74, 6) is -0.872. The number of carbonyl (C=O) groups excluding carboxylic acids is 1. The lowest BCUT2D eigenvalue weighted by Crippen LogP contribution is -2.05. The van der Waals surface area contributed by atoms with E-state index in [0.717, 1.165) is 11.8 Å². The number of hydrogen-bond acceptors (Lipinski definition) is 2. The minimum Gasteiger partial charge on any atom is -0.287 e. The van der Waals surface area contributed by atoms with Gasteiger partial charge in [0.25, 0.3) is 0 Å². The van der Waals surface area contributed by atoms with Crippen molar-refractivity contribution >= 4 is 17.4 Å². The maximum absolute atomic E-state index is 13.1. The second-order valence-electron chi connectivity index (χ2n) is 3.62. The maximum Gasteiger partial charge on any atom is 0.212 e. The first-order chi connectivity index (χ1) is 8.08. The van der Waals surface area contributed by atoms with E-state index in [1.165, 1.54) is 12.1 Å². The van der Waals surface area contributed by atoms with Crippen LogP contribution in [-0.2, 0) is 0 Å². The van der Waals surface area contributed by atoms with Crippen molar-refractivity contribution in [3.63, 3.8) is 0 Å². The molecule has 2 rings (SSSR count). The van der Waals surface area contributed by atoms with E-state index in [1.54, 1.807) is 25.1 Å². The molecule has 2 nitrogen and oxygen atoms in total. The number of hydrogen-bond donors (Lipinski definition) is 0. The molecule has 0 bridgehead atoms. The van der Waals surface area contributed by atoms with E-state index in [-0.39, 0.29) is 22.1 Å². The topological polar surface area (TPSA) is 30.0 Å². The van der Waals surface area contributed by atoms with Gasteiger partial charge in [-0.1, -0.05) is 17.7 Å². The smallest absolute Gasteiger partial charge is 0.212 e. The number of carbonyl (C=O) groups is 1. The maximum atomic E-state index is 13.1. The Morgan fingerprint density at radius 2 is 2.06 bits per heavy atom. The highest BCUT2D eigenvalue weighted by atomic mass is 35.5. The molecule has 0 aliphatic carbocycles. The van der Waals surface area contributed by atoms with Crippen LogP contribution in [0.2, 0.25) is 5.02 Å². The Kier molecular flexibility index (Phi) is 3.20. The molecule has 0 unspecified atom stereocenters. The predicted octanol–water partition coefficient (Wildman–Crippen LogP) is 3.41. The van der Waals surface area contributed by atoms with Gasteiger partial charge < -0.3 is 0 Å². The molecule has 0 atom stereocenters. The summed E-state index contributed by atoms with van der Waals surface area (Å²) in [6, 6.07) is 8.78. The van der Waals surface area contributed by atoms with Crippen molar-refractivity contribution in [1.29, 1.82) is 0 Å². The number of ketones is 1. The number of halogens is 2. The zero-order valence-corrected chi connectivity index (χ0v) is 9.83. The lowest BCUT2D eigenvalue weighted by molar-refractivity contribution is 0.103. The van der Waals surface area contributed by atoms with Gasteiger partial charge >= 0.3 is 0 Å². The first kappa shape index (κ1) is 11.7. The summed E-state index contributed by atoms with van der Waals surface area (Å²) in [7, 11) is 0. The molecule has 86 valence electrons. The third-order valence-corrected chi connectivity index (χ3v) is 2.62. The molecule has 1 aromatic carbocycles. The normalized spacial score (nSPS) is 10.3. The number of rotatable bonds is 2. The van der Waals surface area contributed by atoms with Crippen molar-refractivity contribution in [2.24, 2.45) is 0 Å². The van der Waals surface area contributed by atoms with Gasteiger partial charge in [-0.3, -0.25) is 4.79 Å². The van der Waals surface area contributed by atoms with Crippen LogP contribution in [0.3, 0.4) is 0 Å². The van der Waals surface area contributed by atoms with Gasteiger partial charge in [0.1, 0.15) is 11.5 Å². The lowest BCUT2D eigenvalue weighted by atomic mass is 10.1. The van der Waals surface area contributed by atoms with Gasteiger partial charge in [-0.25, -0.2) is 9.37 Å². The van der Waals surface area contributed by atoms with Crippen LogP contribution in [-0.4, -0.2) is 10.8 Å². The van der Waals surface area contributed by atoms with Crippen LogP contribution in [0, 0.1) is 12.7 Å². The van der Waals surface area contributed by atoms with Crippen LogP contribution in [0.15, 0.2) is 36.4 Å². The van der Waals surface area contributed by atoms with E-state index in [0.29, 0.717) is 0 Å². The molecule has 0 spiro atoms. The molecule has 1 aromatic heterocycles. The quantitative estimate of drug-likeness (QED) is 0.764. The molecule has 0 aliphatic heterocycles. The standard InChI is InChI=1S/C13H9ClFNO/c1-8-3-2-4-12(16-8)13(17)10-7-9(15)5-6-11(10)14/h2-7H,1H3. The molecular formula is C13H9ClFNO. The average Bonchev–Trinajstić information content (AvgIpc) is 2.31. The minimum absolute atomic E-state index is 0.129. The first-order valence-electron chi connectivity index (χ1n) is 5.01. The molecular weight excluding hydrogens is 241 g/mol. The van der Waals surface area contributed by atoms with E-state index in [4.69, 9.17) is 11.6 Å². The summed E-state index contributed by atoms with van der Waals surface area (Å²) in [5, 5.41) is 0.222. The van der Waals surface area contributed by atoms with Crippen molar-refractivity contribution in [3.8, 4) is 0 Å². The number of pyridine rings is 1. The monoisotopic (exact) mass is 249 g/mol. The number of aryl methyl sites for hydroxylation is 1. The molecule has 0 amide bonds. The summed E-state index contributed by atoms with van der Waals surface area (Å²) < 4.78 is 13.1. The van der Waals surface area contributed by atoms with Crippen LogP contribution in [0.5, 0.6) is 0 Å². The van der Waals surface area contributed by atoms with Crippen molar-refractivity contribution in [3.05, 3.63) is 64.2 Å². The van der Waals surface area contributed by atoms with Crippen molar-refractivity contribution in [1.82, 2.24) is 4.98 Å². The van der Waals surface area contributed by atoms with E-state index >= 15 is 0 Å². The SMILES string of the molecule is Cc1cccc(C(=O)c2cc(F)ccc2Cl)n1.